The predicted molar refractivity (Wildman–Crippen MR) is 70.8 cm³/mol. The van der Waals surface area contributed by atoms with E-state index in [2.05, 4.69) is 20.8 Å². The molecule has 1 heterocycles. The van der Waals surface area contributed by atoms with E-state index in [-0.39, 0.29) is 17.9 Å². The van der Waals surface area contributed by atoms with E-state index in [1.54, 1.807) is 19.1 Å². The minimum atomic E-state index is -0.272. The van der Waals surface area contributed by atoms with Crippen molar-refractivity contribution in [1.82, 2.24) is 15.5 Å². The molecule has 0 saturated carbocycles. The molecule has 0 amide bonds. The van der Waals surface area contributed by atoms with E-state index < -0.39 is 0 Å². The maximum atomic E-state index is 13.4. The number of nitrogens with zero attached hydrogens (tertiary/aromatic N) is 2. The van der Waals surface area contributed by atoms with Crippen LogP contribution in [0.15, 0.2) is 22.6 Å². The summed E-state index contributed by atoms with van der Waals surface area (Å²) < 4.78 is 18.9. The van der Waals surface area contributed by atoms with Gasteiger partial charge in [-0.2, -0.15) is 0 Å². The molecule has 1 unspecified atom stereocenters. The third-order valence-electron chi connectivity index (χ3n) is 2.83. The Morgan fingerprint density at radius 3 is 2.89 bits per heavy atom. The SMILES string of the molecule is CCNC(C)c1nnc(Nc2cccc(F)c2C)o1. The van der Waals surface area contributed by atoms with Gasteiger partial charge < -0.3 is 15.1 Å². The molecule has 0 aliphatic carbocycles. The van der Waals surface area contributed by atoms with Crippen LogP contribution in [0.1, 0.15) is 31.3 Å². The predicted octanol–water partition coefficient (Wildman–Crippen LogP) is 2.93. The van der Waals surface area contributed by atoms with Crippen LogP contribution in [0, 0.1) is 12.7 Å². The number of rotatable bonds is 5. The van der Waals surface area contributed by atoms with E-state index in [0.29, 0.717) is 17.1 Å². The summed E-state index contributed by atoms with van der Waals surface area (Å²) in [6.07, 6.45) is 0. The normalized spacial score (nSPS) is 12.4. The lowest BCUT2D eigenvalue weighted by atomic mass is 10.2. The molecule has 1 aromatic heterocycles. The number of halogens is 1. The van der Waals surface area contributed by atoms with Gasteiger partial charge in [-0.05, 0) is 32.5 Å². The summed E-state index contributed by atoms with van der Waals surface area (Å²) in [5, 5.41) is 13.9. The van der Waals surface area contributed by atoms with Crippen LogP contribution in [0.25, 0.3) is 0 Å². The highest BCUT2D eigenvalue weighted by Crippen LogP contribution is 2.22. The summed E-state index contributed by atoms with van der Waals surface area (Å²) in [7, 11) is 0. The summed E-state index contributed by atoms with van der Waals surface area (Å²) in [5.41, 5.74) is 1.13. The fourth-order valence-corrected chi connectivity index (χ4v) is 1.71. The molecular weight excluding hydrogens is 247 g/mol. The maximum Gasteiger partial charge on any atom is 0.320 e. The van der Waals surface area contributed by atoms with Crippen molar-refractivity contribution < 1.29 is 8.81 Å². The zero-order valence-electron chi connectivity index (χ0n) is 11.2. The zero-order chi connectivity index (χ0) is 13.8. The van der Waals surface area contributed by atoms with E-state index in [4.69, 9.17) is 4.42 Å². The van der Waals surface area contributed by atoms with E-state index >= 15 is 0 Å². The van der Waals surface area contributed by atoms with Crippen molar-refractivity contribution in [2.75, 3.05) is 11.9 Å². The van der Waals surface area contributed by atoms with Gasteiger partial charge in [-0.15, -0.1) is 5.10 Å². The van der Waals surface area contributed by atoms with Gasteiger partial charge in [-0.1, -0.05) is 18.1 Å². The molecule has 0 bridgehead atoms. The van der Waals surface area contributed by atoms with Gasteiger partial charge in [0.1, 0.15) is 5.82 Å². The number of benzene rings is 1. The Morgan fingerprint density at radius 1 is 1.37 bits per heavy atom. The van der Waals surface area contributed by atoms with Crippen molar-refractivity contribution >= 4 is 11.7 Å². The molecule has 0 spiro atoms. The molecular formula is C13H17FN4O. The first kappa shape index (κ1) is 13.5. The fraction of sp³-hybridized carbons (Fsp3) is 0.385. The number of hydrogen-bond donors (Lipinski definition) is 2. The van der Waals surface area contributed by atoms with E-state index in [1.165, 1.54) is 6.07 Å². The molecule has 0 aliphatic heterocycles. The molecule has 1 aromatic carbocycles. The molecule has 2 N–H and O–H groups in total. The largest absolute Gasteiger partial charge is 0.406 e. The minimum absolute atomic E-state index is 0.0124. The van der Waals surface area contributed by atoms with Crippen LogP contribution >= 0.6 is 0 Å². The Labute approximate surface area is 111 Å². The van der Waals surface area contributed by atoms with Crippen LogP contribution in [0.4, 0.5) is 16.1 Å². The summed E-state index contributed by atoms with van der Waals surface area (Å²) >= 11 is 0. The summed E-state index contributed by atoms with van der Waals surface area (Å²) in [6, 6.07) is 5.04. The molecule has 0 aliphatic rings. The smallest absolute Gasteiger partial charge is 0.320 e. The van der Waals surface area contributed by atoms with Gasteiger partial charge in [0.2, 0.25) is 5.89 Å². The molecule has 19 heavy (non-hydrogen) atoms. The van der Waals surface area contributed by atoms with Gasteiger partial charge >= 0.3 is 6.01 Å². The van der Waals surface area contributed by atoms with Gasteiger partial charge in [-0.3, -0.25) is 0 Å². The van der Waals surface area contributed by atoms with Crippen LogP contribution in [-0.4, -0.2) is 16.7 Å². The molecule has 0 fully saturated rings. The highest BCUT2D eigenvalue weighted by Gasteiger charge is 2.13. The zero-order valence-corrected chi connectivity index (χ0v) is 11.2. The van der Waals surface area contributed by atoms with Gasteiger partial charge in [0.05, 0.1) is 6.04 Å². The van der Waals surface area contributed by atoms with Crippen molar-refractivity contribution in [3.8, 4) is 0 Å². The summed E-state index contributed by atoms with van der Waals surface area (Å²) in [4.78, 5) is 0. The van der Waals surface area contributed by atoms with Crippen LogP contribution in [0.2, 0.25) is 0 Å². The first-order valence-corrected chi connectivity index (χ1v) is 6.20. The Kier molecular flexibility index (Phi) is 4.11. The van der Waals surface area contributed by atoms with E-state index in [1.807, 2.05) is 13.8 Å². The third-order valence-corrected chi connectivity index (χ3v) is 2.83. The number of nitrogens with one attached hydrogen (secondary N) is 2. The van der Waals surface area contributed by atoms with E-state index in [0.717, 1.165) is 6.54 Å². The van der Waals surface area contributed by atoms with Crippen LogP contribution < -0.4 is 10.6 Å². The highest BCUT2D eigenvalue weighted by molar-refractivity contribution is 5.57. The van der Waals surface area contributed by atoms with E-state index in [9.17, 15) is 4.39 Å². The quantitative estimate of drug-likeness (QED) is 0.869. The topological polar surface area (TPSA) is 63.0 Å². The average Bonchev–Trinajstić information content (AvgIpc) is 2.84. The first-order chi connectivity index (χ1) is 9.11. The molecule has 2 aromatic rings. The monoisotopic (exact) mass is 264 g/mol. The Morgan fingerprint density at radius 2 is 2.16 bits per heavy atom. The van der Waals surface area contributed by atoms with Crippen molar-refractivity contribution in [3.63, 3.8) is 0 Å². The number of anilines is 2. The summed E-state index contributed by atoms with van der Waals surface area (Å²) in [5.74, 6) is 0.226. The second kappa shape index (κ2) is 5.79. The fourth-order valence-electron chi connectivity index (χ4n) is 1.71. The second-order valence-electron chi connectivity index (χ2n) is 4.26. The number of hydrogen-bond acceptors (Lipinski definition) is 5. The van der Waals surface area contributed by atoms with Crippen molar-refractivity contribution in [1.29, 1.82) is 0 Å². The first-order valence-electron chi connectivity index (χ1n) is 6.20. The molecule has 2 rings (SSSR count). The van der Waals surface area contributed by atoms with Gasteiger partial charge in [-0.25, -0.2) is 4.39 Å². The standard InChI is InChI=1S/C13H17FN4O/c1-4-15-9(3)12-17-18-13(19-12)16-11-7-5-6-10(14)8(11)2/h5-7,9,15H,4H2,1-3H3,(H,16,18). The third kappa shape index (κ3) is 3.08. The second-order valence-corrected chi connectivity index (χ2v) is 4.26. The van der Waals surface area contributed by atoms with Crippen molar-refractivity contribution in [2.45, 2.75) is 26.8 Å². The maximum absolute atomic E-state index is 13.4. The Balaban J connectivity index is 2.14. The molecule has 1 atom stereocenters. The van der Waals surface area contributed by atoms with Crippen LogP contribution in [0.5, 0.6) is 0 Å². The van der Waals surface area contributed by atoms with Crippen molar-refractivity contribution in [2.24, 2.45) is 0 Å². The van der Waals surface area contributed by atoms with Crippen LogP contribution in [0.3, 0.4) is 0 Å². The lowest BCUT2D eigenvalue weighted by Crippen LogP contribution is -2.17. The van der Waals surface area contributed by atoms with Crippen LogP contribution in [-0.2, 0) is 0 Å². The van der Waals surface area contributed by atoms with Crippen molar-refractivity contribution in [3.05, 3.63) is 35.5 Å². The van der Waals surface area contributed by atoms with Gasteiger partial charge in [0.15, 0.2) is 0 Å². The van der Waals surface area contributed by atoms with Gasteiger partial charge in [0, 0.05) is 11.3 Å². The lowest BCUT2D eigenvalue weighted by Gasteiger charge is -2.07. The summed E-state index contributed by atoms with van der Waals surface area (Å²) in [6.45, 7) is 6.45. The molecule has 6 heteroatoms. The molecule has 0 saturated heterocycles. The minimum Gasteiger partial charge on any atom is -0.406 e. The lowest BCUT2D eigenvalue weighted by molar-refractivity contribution is 0.430. The number of aromatic nitrogens is 2. The molecule has 102 valence electrons. The Hall–Kier alpha value is -1.95. The van der Waals surface area contributed by atoms with Gasteiger partial charge in [0.25, 0.3) is 0 Å². The molecule has 0 radical (unpaired) electrons. The molecule has 5 nitrogen and oxygen atoms in total. The average molecular weight is 264 g/mol. The Bertz CT molecular complexity index is 555. The highest BCUT2D eigenvalue weighted by atomic mass is 19.1.